The molecule has 0 saturated carbocycles. The molecular formula is C18H26N2O5S. The molecule has 1 saturated heterocycles. The summed E-state index contributed by atoms with van der Waals surface area (Å²) in [5.74, 6) is -1.11. The van der Waals surface area contributed by atoms with Gasteiger partial charge in [0.2, 0.25) is 10.0 Å². The molecule has 26 heavy (non-hydrogen) atoms. The predicted molar refractivity (Wildman–Crippen MR) is 97.3 cm³/mol. The Labute approximate surface area is 154 Å². The number of amides is 1. The molecule has 0 aromatic heterocycles. The maximum Gasteiger partial charge on any atom is 0.310 e. The average molecular weight is 382 g/mol. The highest BCUT2D eigenvalue weighted by atomic mass is 32.2. The van der Waals surface area contributed by atoms with Crippen LogP contribution in [-0.2, 0) is 14.8 Å². The van der Waals surface area contributed by atoms with E-state index in [0.717, 1.165) is 12.8 Å². The summed E-state index contributed by atoms with van der Waals surface area (Å²) < 4.78 is 26.9. The molecule has 1 fully saturated rings. The van der Waals surface area contributed by atoms with Crippen molar-refractivity contribution in [2.24, 2.45) is 11.3 Å². The Bertz CT molecular complexity index is 771. The molecule has 0 radical (unpaired) electrons. The Hall–Kier alpha value is -1.93. The van der Waals surface area contributed by atoms with Gasteiger partial charge in [0.1, 0.15) is 0 Å². The molecule has 1 aliphatic heterocycles. The second-order valence-corrected chi connectivity index (χ2v) is 9.44. The van der Waals surface area contributed by atoms with Crippen LogP contribution in [0.15, 0.2) is 29.2 Å². The smallest absolute Gasteiger partial charge is 0.310 e. The van der Waals surface area contributed by atoms with Crippen molar-refractivity contribution in [3.05, 3.63) is 29.8 Å². The Morgan fingerprint density at radius 1 is 1.27 bits per heavy atom. The molecule has 1 unspecified atom stereocenters. The number of carbonyl (C=O) groups excluding carboxylic acids is 1. The average Bonchev–Trinajstić information content (AvgIpc) is 2.59. The number of carboxylic acid groups (broad SMARTS) is 1. The topological polar surface area (TPSA) is 104 Å². The predicted octanol–water partition coefficient (Wildman–Crippen LogP) is 1.95. The zero-order valence-electron chi connectivity index (χ0n) is 15.4. The van der Waals surface area contributed by atoms with Crippen LogP contribution in [0, 0.1) is 11.3 Å². The number of sulfonamides is 1. The first kappa shape index (κ1) is 20.4. The number of benzene rings is 1. The van der Waals surface area contributed by atoms with E-state index in [2.05, 4.69) is 5.32 Å². The molecule has 0 bridgehead atoms. The van der Waals surface area contributed by atoms with Crippen molar-refractivity contribution >= 4 is 21.9 Å². The monoisotopic (exact) mass is 382 g/mol. The zero-order valence-corrected chi connectivity index (χ0v) is 16.2. The molecule has 2 rings (SSSR count). The SMILES string of the molecule is CC1CCCN(S(=O)(=O)c2ccc(C(=O)NCC(C)(C)C(=O)O)cc2)C1. The van der Waals surface area contributed by atoms with E-state index in [1.807, 2.05) is 6.92 Å². The molecule has 1 heterocycles. The van der Waals surface area contributed by atoms with Crippen LogP contribution in [0.3, 0.4) is 0 Å². The molecule has 2 N–H and O–H groups in total. The van der Waals surface area contributed by atoms with Crippen LogP contribution in [0.25, 0.3) is 0 Å². The minimum Gasteiger partial charge on any atom is -0.481 e. The van der Waals surface area contributed by atoms with Gasteiger partial charge in [-0.25, -0.2) is 8.42 Å². The Kier molecular flexibility index (Phi) is 6.08. The van der Waals surface area contributed by atoms with Gasteiger partial charge in [-0.2, -0.15) is 4.31 Å². The van der Waals surface area contributed by atoms with Crippen LogP contribution >= 0.6 is 0 Å². The maximum atomic E-state index is 12.7. The highest BCUT2D eigenvalue weighted by Crippen LogP contribution is 2.23. The Morgan fingerprint density at radius 2 is 1.88 bits per heavy atom. The third-order valence-corrected chi connectivity index (χ3v) is 6.52. The zero-order chi connectivity index (χ0) is 19.5. The number of rotatable bonds is 6. The standard InChI is InChI=1S/C18H26N2O5S/c1-13-5-4-10-20(11-13)26(24,25)15-8-6-14(7-9-15)16(21)19-12-18(2,3)17(22)23/h6-9,13H,4-5,10-12H2,1-3H3,(H,19,21)(H,22,23). The second kappa shape index (κ2) is 7.75. The number of piperidine rings is 1. The van der Waals surface area contributed by atoms with Crippen molar-refractivity contribution in [1.29, 1.82) is 0 Å². The van der Waals surface area contributed by atoms with Crippen LogP contribution in [-0.4, -0.2) is 49.3 Å². The normalized spacial score (nSPS) is 19.1. The fourth-order valence-electron chi connectivity index (χ4n) is 2.77. The van der Waals surface area contributed by atoms with Gasteiger partial charge in [-0.3, -0.25) is 9.59 Å². The minimum absolute atomic E-state index is 0.0209. The third kappa shape index (κ3) is 4.62. The summed E-state index contributed by atoms with van der Waals surface area (Å²) >= 11 is 0. The Morgan fingerprint density at radius 3 is 2.42 bits per heavy atom. The van der Waals surface area contributed by atoms with Crippen molar-refractivity contribution in [3.63, 3.8) is 0 Å². The summed E-state index contributed by atoms with van der Waals surface area (Å²) in [5, 5.41) is 11.6. The van der Waals surface area contributed by atoms with Crippen molar-refractivity contribution in [2.75, 3.05) is 19.6 Å². The van der Waals surface area contributed by atoms with Crippen molar-refractivity contribution in [3.8, 4) is 0 Å². The van der Waals surface area contributed by atoms with Gasteiger partial charge in [-0.05, 0) is 56.9 Å². The molecular weight excluding hydrogens is 356 g/mol. The highest BCUT2D eigenvalue weighted by molar-refractivity contribution is 7.89. The molecule has 8 heteroatoms. The van der Waals surface area contributed by atoms with Crippen molar-refractivity contribution in [1.82, 2.24) is 9.62 Å². The van der Waals surface area contributed by atoms with E-state index in [9.17, 15) is 18.0 Å². The minimum atomic E-state index is -3.56. The van der Waals surface area contributed by atoms with Crippen LogP contribution in [0.5, 0.6) is 0 Å². The number of hydrogen-bond acceptors (Lipinski definition) is 4. The van der Waals surface area contributed by atoms with Crippen LogP contribution in [0.2, 0.25) is 0 Å². The number of carbonyl (C=O) groups is 2. The van der Waals surface area contributed by atoms with Crippen molar-refractivity contribution < 1.29 is 23.1 Å². The first-order valence-corrected chi connectivity index (χ1v) is 10.1. The van der Waals surface area contributed by atoms with E-state index in [1.54, 1.807) is 0 Å². The van der Waals surface area contributed by atoms with Gasteiger partial charge >= 0.3 is 5.97 Å². The number of carboxylic acids is 1. The van der Waals surface area contributed by atoms with E-state index in [0.29, 0.717) is 19.0 Å². The van der Waals surface area contributed by atoms with E-state index >= 15 is 0 Å². The second-order valence-electron chi connectivity index (χ2n) is 7.51. The lowest BCUT2D eigenvalue weighted by Crippen LogP contribution is -2.39. The van der Waals surface area contributed by atoms with E-state index in [1.165, 1.54) is 42.4 Å². The first-order valence-electron chi connectivity index (χ1n) is 8.66. The number of hydrogen-bond donors (Lipinski definition) is 2. The lowest BCUT2D eigenvalue weighted by Gasteiger charge is -2.30. The lowest BCUT2D eigenvalue weighted by molar-refractivity contribution is -0.146. The molecule has 0 spiro atoms. The van der Waals surface area contributed by atoms with Gasteiger partial charge in [0.15, 0.2) is 0 Å². The number of nitrogens with one attached hydrogen (secondary N) is 1. The summed E-state index contributed by atoms with van der Waals surface area (Å²) in [4.78, 5) is 23.4. The van der Waals surface area contributed by atoms with Crippen LogP contribution in [0.1, 0.15) is 44.0 Å². The summed E-state index contributed by atoms with van der Waals surface area (Å²) in [6, 6.07) is 5.74. The van der Waals surface area contributed by atoms with Gasteiger partial charge < -0.3 is 10.4 Å². The molecule has 0 aliphatic carbocycles. The quantitative estimate of drug-likeness (QED) is 0.783. The van der Waals surface area contributed by atoms with Crippen molar-refractivity contribution in [2.45, 2.75) is 38.5 Å². The van der Waals surface area contributed by atoms with Gasteiger partial charge in [0, 0.05) is 25.2 Å². The third-order valence-electron chi connectivity index (χ3n) is 4.64. The summed E-state index contributed by atoms with van der Waals surface area (Å²) in [5.41, 5.74) is -0.790. The van der Waals surface area contributed by atoms with E-state index < -0.39 is 27.3 Å². The fourth-order valence-corrected chi connectivity index (χ4v) is 4.37. The fraction of sp³-hybridized carbons (Fsp3) is 0.556. The largest absolute Gasteiger partial charge is 0.481 e. The molecule has 144 valence electrons. The highest BCUT2D eigenvalue weighted by Gasteiger charge is 2.29. The molecule has 1 aliphatic rings. The molecule has 7 nitrogen and oxygen atoms in total. The molecule has 1 aromatic rings. The van der Waals surface area contributed by atoms with Crippen LogP contribution in [0.4, 0.5) is 0 Å². The molecule has 1 amide bonds. The first-order chi connectivity index (χ1) is 12.0. The summed E-state index contributed by atoms with van der Waals surface area (Å²) in [6.07, 6.45) is 1.87. The summed E-state index contributed by atoms with van der Waals surface area (Å²) in [7, 11) is -3.56. The molecule has 1 aromatic carbocycles. The molecule has 1 atom stereocenters. The van der Waals surface area contributed by atoms with E-state index in [-0.39, 0.29) is 17.0 Å². The van der Waals surface area contributed by atoms with Crippen LogP contribution < -0.4 is 5.32 Å². The lowest BCUT2D eigenvalue weighted by atomic mass is 9.94. The maximum absolute atomic E-state index is 12.7. The number of nitrogens with zero attached hydrogens (tertiary/aromatic N) is 1. The van der Waals surface area contributed by atoms with Gasteiger partial charge in [-0.15, -0.1) is 0 Å². The number of aliphatic carboxylic acids is 1. The van der Waals surface area contributed by atoms with Gasteiger partial charge in [-0.1, -0.05) is 6.92 Å². The van der Waals surface area contributed by atoms with Gasteiger partial charge in [0.25, 0.3) is 5.91 Å². The summed E-state index contributed by atoms with van der Waals surface area (Å²) in [6.45, 7) is 6.07. The van der Waals surface area contributed by atoms with E-state index in [4.69, 9.17) is 5.11 Å². The van der Waals surface area contributed by atoms with Gasteiger partial charge in [0.05, 0.1) is 10.3 Å². The Balaban J connectivity index is 2.07.